The van der Waals surface area contributed by atoms with Crippen LogP contribution in [-0.2, 0) is 5.41 Å². The lowest BCUT2D eigenvalue weighted by molar-refractivity contribution is 0.353. The third-order valence-corrected chi connectivity index (χ3v) is 11.7. The molecule has 3 aromatic heterocycles. The molecule has 0 amide bonds. The van der Waals surface area contributed by atoms with Gasteiger partial charge in [0, 0.05) is 46.9 Å². The Labute approximate surface area is 317 Å². The van der Waals surface area contributed by atoms with Crippen LogP contribution in [0.2, 0.25) is 0 Å². The van der Waals surface area contributed by atoms with Crippen molar-refractivity contribution in [1.82, 2.24) is 15.0 Å². The lowest BCUT2D eigenvalue weighted by atomic mass is 9.67. The van der Waals surface area contributed by atoms with Crippen LogP contribution >= 0.6 is 0 Å². The van der Waals surface area contributed by atoms with Gasteiger partial charge in [0.2, 0.25) is 0 Å². The zero-order chi connectivity index (χ0) is 35.9. The summed E-state index contributed by atoms with van der Waals surface area (Å²) in [6, 6.07) is 55.4. The number of fused-ring (bicyclic) bond motifs is 5. The Morgan fingerprint density at radius 2 is 0.852 bits per heavy atom. The predicted molar refractivity (Wildman–Crippen MR) is 222 cm³/mol. The van der Waals surface area contributed by atoms with E-state index in [1.54, 1.807) is 18.0 Å². The normalized spacial score (nSPS) is 14.1. The summed E-state index contributed by atoms with van der Waals surface area (Å²) in [6.07, 6.45) is 13.8. The van der Waals surface area contributed by atoms with E-state index in [0.29, 0.717) is 0 Å². The van der Waals surface area contributed by atoms with Gasteiger partial charge in [-0.2, -0.15) is 0 Å². The molecule has 8 aromatic rings. The molecule has 0 radical (unpaired) electrons. The summed E-state index contributed by atoms with van der Waals surface area (Å²) in [5.74, 6) is 0. The number of rotatable bonds is 6. The largest absolute Gasteiger partial charge is 0.264 e. The van der Waals surface area contributed by atoms with Crippen LogP contribution in [0.15, 0.2) is 176 Å². The van der Waals surface area contributed by atoms with E-state index in [1.165, 1.54) is 82.2 Å². The summed E-state index contributed by atoms with van der Waals surface area (Å²) >= 11 is 0. The molecule has 0 aliphatic heterocycles. The third-order valence-electron chi connectivity index (χ3n) is 11.7. The monoisotopic (exact) mass is 693 g/mol. The molecule has 5 aromatic carbocycles. The van der Waals surface area contributed by atoms with Crippen LogP contribution in [0.25, 0.3) is 78.1 Å². The molecular weight excluding hydrogens is 655 g/mol. The second kappa shape index (κ2) is 13.5. The lowest BCUT2D eigenvalue weighted by Crippen LogP contribution is -2.28. The van der Waals surface area contributed by atoms with Crippen LogP contribution in [0.4, 0.5) is 0 Å². The minimum absolute atomic E-state index is 0.175. The Morgan fingerprint density at radius 3 is 1.44 bits per heavy atom. The average Bonchev–Trinajstić information content (AvgIpc) is 3.52. The van der Waals surface area contributed by atoms with E-state index >= 15 is 0 Å². The van der Waals surface area contributed by atoms with Crippen molar-refractivity contribution in [2.24, 2.45) is 0 Å². The Bertz CT molecular complexity index is 2530. The molecule has 10 rings (SSSR count). The molecule has 258 valence electrons. The fourth-order valence-electron chi connectivity index (χ4n) is 8.91. The van der Waals surface area contributed by atoms with Gasteiger partial charge in [0.25, 0.3) is 0 Å². The second-order valence-corrected chi connectivity index (χ2v) is 14.8. The maximum atomic E-state index is 5.06. The van der Waals surface area contributed by atoms with Crippen molar-refractivity contribution in [2.75, 3.05) is 0 Å². The number of aromatic nitrogens is 3. The van der Waals surface area contributed by atoms with Crippen molar-refractivity contribution < 1.29 is 0 Å². The van der Waals surface area contributed by atoms with Crippen LogP contribution in [0.3, 0.4) is 0 Å². The molecule has 1 saturated carbocycles. The van der Waals surface area contributed by atoms with Gasteiger partial charge in [-0.25, -0.2) is 4.98 Å². The minimum Gasteiger partial charge on any atom is -0.264 e. The Balaban J connectivity index is 0.893. The first-order chi connectivity index (χ1) is 26.7. The van der Waals surface area contributed by atoms with E-state index < -0.39 is 0 Å². The fourth-order valence-corrected chi connectivity index (χ4v) is 8.91. The molecule has 54 heavy (non-hydrogen) atoms. The SMILES string of the molecule is c1cncc(-c2cc(-c3ccc(-c4ccc(-c5ccc(-c6ccc7c(c6)C6(CCCCC6)c6ccccc6-7)cc5)cc4)cc3)nc(-c3cccnc3)c2)c1. The Hall–Kier alpha value is -6.45. The summed E-state index contributed by atoms with van der Waals surface area (Å²) in [7, 11) is 0. The maximum Gasteiger partial charge on any atom is 0.0731 e. The van der Waals surface area contributed by atoms with Crippen molar-refractivity contribution in [2.45, 2.75) is 37.5 Å². The molecule has 2 aliphatic carbocycles. The molecule has 3 heterocycles. The highest BCUT2D eigenvalue weighted by molar-refractivity contribution is 5.85. The van der Waals surface area contributed by atoms with Crippen LogP contribution in [0, 0.1) is 0 Å². The van der Waals surface area contributed by atoms with Gasteiger partial charge in [0.15, 0.2) is 0 Å². The topological polar surface area (TPSA) is 38.7 Å². The predicted octanol–water partition coefficient (Wildman–Crippen LogP) is 13.1. The lowest BCUT2D eigenvalue weighted by Gasteiger charge is -2.36. The standard InChI is InChI=1S/C51H39N3/c1-4-26-51(27-5-1)47-11-3-2-10-45(47)46-25-24-41(30-48(46)51)39-18-16-37(17-19-39)35-12-14-36(15-13-35)38-20-22-40(23-21-38)49-31-44(42-8-6-28-52-33-42)32-50(54-49)43-9-7-29-53-34-43/h2-3,6-25,28-34H,1,4-5,26-27H2. The summed E-state index contributed by atoms with van der Waals surface area (Å²) in [4.78, 5) is 13.7. The zero-order valence-corrected chi connectivity index (χ0v) is 30.1. The summed E-state index contributed by atoms with van der Waals surface area (Å²) < 4.78 is 0. The first-order valence-electron chi connectivity index (χ1n) is 19.1. The Kier molecular flexibility index (Phi) is 8.06. The van der Waals surface area contributed by atoms with E-state index in [-0.39, 0.29) is 5.41 Å². The first-order valence-corrected chi connectivity index (χ1v) is 19.1. The van der Waals surface area contributed by atoms with Gasteiger partial charge in [0.1, 0.15) is 0 Å². The van der Waals surface area contributed by atoms with Gasteiger partial charge in [-0.1, -0.05) is 135 Å². The molecule has 0 bridgehead atoms. The highest BCUT2D eigenvalue weighted by Crippen LogP contribution is 2.56. The third kappa shape index (κ3) is 5.74. The quantitative estimate of drug-likeness (QED) is 0.174. The molecule has 0 N–H and O–H groups in total. The molecule has 3 nitrogen and oxygen atoms in total. The highest BCUT2D eigenvalue weighted by atomic mass is 14.7. The fraction of sp³-hybridized carbons (Fsp3) is 0.118. The van der Waals surface area contributed by atoms with Crippen molar-refractivity contribution in [1.29, 1.82) is 0 Å². The molecule has 0 unspecified atom stereocenters. The van der Waals surface area contributed by atoms with Crippen LogP contribution in [-0.4, -0.2) is 15.0 Å². The van der Waals surface area contributed by atoms with Gasteiger partial charge in [-0.3, -0.25) is 9.97 Å². The van der Waals surface area contributed by atoms with Crippen LogP contribution < -0.4 is 0 Å². The second-order valence-electron chi connectivity index (χ2n) is 14.8. The van der Waals surface area contributed by atoms with E-state index in [0.717, 1.165) is 33.6 Å². The number of pyridine rings is 3. The molecule has 0 saturated heterocycles. The smallest absolute Gasteiger partial charge is 0.0731 e. The molecule has 0 atom stereocenters. The van der Waals surface area contributed by atoms with Gasteiger partial charge in [-0.05, 0) is 110 Å². The van der Waals surface area contributed by atoms with Crippen LogP contribution in [0.1, 0.15) is 43.2 Å². The number of benzene rings is 5. The summed E-state index contributed by atoms with van der Waals surface area (Å²) in [6.45, 7) is 0. The van der Waals surface area contributed by atoms with Gasteiger partial charge in [0.05, 0.1) is 11.4 Å². The number of nitrogens with zero attached hydrogens (tertiary/aromatic N) is 3. The van der Waals surface area contributed by atoms with E-state index in [4.69, 9.17) is 4.98 Å². The number of hydrogen-bond donors (Lipinski definition) is 0. The minimum atomic E-state index is 0.175. The zero-order valence-electron chi connectivity index (χ0n) is 30.1. The molecule has 3 heteroatoms. The van der Waals surface area contributed by atoms with Gasteiger partial charge < -0.3 is 0 Å². The summed E-state index contributed by atoms with van der Waals surface area (Å²) in [5.41, 5.74) is 19.5. The van der Waals surface area contributed by atoms with Gasteiger partial charge >= 0.3 is 0 Å². The van der Waals surface area contributed by atoms with E-state index in [1.807, 2.05) is 30.6 Å². The number of hydrogen-bond acceptors (Lipinski definition) is 3. The van der Waals surface area contributed by atoms with Crippen molar-refractivity contribution in [3.63, 3.8) is 0 Å². The van der Waals surface area contributed by atoms with Gasteiger partial charge in [-0.15, -0.1) is 0 Å². The van der Waals surface area contributed by atoms with Crippen molar-refractivity contribution >= 4 is 0 Å². The van der Waals surface area contributed by atoms with Crippen LogP contribution in [0.5, 0.6) is 0 Å². The molecule has 1 fully saturated rings. The molecule has 2 aliphatic rings. The maximum absolute atomic E-state index is 5.06. The van der Waals surface area contributed by atoms with E-state index in [2.05, 4.69) is 143 Å². The highest BCUT2D eigenvalue weighted by Gasteiger charge is 2.43. The molecule has 1 spiro atoms. The summed E-state index contributed by atoms with van der Waals surface area (Å²) in [5, 5.41) is 0. The Morgan fingerprint density at radius 1 is 0.352 bits per heavy atom. The first kappa shape index (κ1) is 32.2. The van der Waals surface area contributed by atoms with E-state index in [9.17, 15) is 0 Å². The average molecular weight is 694 g/mol. The molecular formula is C51H39N3. The van der Waals surface area contributed by atoms with Crippen molar-refractivity contribution in [3.8, 4) is 78.1 Å². The van der Waals surface area contributed by atoms with Crippen molar-refractivity contribution in [3.05, 3.63) is 188 Å².